The van der Waals surface area contributed by atoms with Crippen LogP contribution in [0.4, 0.5) is 49.9 Å². The van der Waals surface area contributed by atoms with Crippen LogP contribution in [0, 0.1) is 11.6 Å². The van der Waals surface area contributed by atoms with Crippen molar-refractivity contribution in [2.75, 3.05) is 10.6 Å². The number of ketones is 1. The summed E-state index contributed by atoms with van der Waals surface area (Å²) in [5.74, 6) is -2.16. The van der Waals surface area contributed by atoms with Gasteiger partial charge in [-0.2, -0.15) is 30.1 Å². The fourth-order valence-corrected chi connectivity index (χ4v) is 6.80. The van der Waals surface area contributed by atoms with E-state index in [9.17, 15) is 31.5 Å². The molecule has 0 aliphatic carbocycles. The lowest BCUT2D eigenvalue weighted by Gasteiger charge is -2.17. The highest BCUT2D eigenvalue weighted by atomic mass is 35.5. The smallest absolute Gasteiger partial charge is 0.293 e. The van der Waals surface area contributed by atoms with E-state index in [4.69, 9.17) is 26.4 Å². The monoisotopic (exact) mass is 1100 g/mol. The lowest BCUT2D eigenvalue weighted by Crippen LogP contribution is -2.13. The van der Waals surface area contributed by atoms with E-state index in [-0.39, 0.29) is 87.6 Å². The van der Waals surface area contributed by atoms with Crippen LogP contribution >= 0.6 is 24.0 Å². The molecule has 0 bridgehead atoms. The second-order valence-electron chi connectivity index (χ2n) is 18.7. The maximum Gasteiger partial charge on any atom is 0.293 e. The summed E-state index contributed by atoms with van der Waals surface area (Å²) < 4.78 is 98.1. The van der Waals surface area contributed by atoms with Gasteiger partial charge in [0, 0.05) is 61.9 Å². The van der Waals surface area contributed by atoms with E-state index in [1.54, 1.807) is 54.9 Å². The van der Waals surface area contributed by atoms with Gasteiger partial charge in [0.2, 0.25) is 35.3 Å². The maximum absolute atomic E-state index is 15.4. The summed E-state index contributed by atoms with van der Waals surface area (Å²) in [5, 5.41) is 20.4. The van der Waals surface area contributed by atoms with Crippen LogP contribution in [0.5, 0.6) is 0 Å². The number of hydrogen-bond acceptors (Lipinski definition) is 19. The molecule has 21 nitrogen and oxygen atoms in total. The molecule has 0 radical (unpaired) electrons. The number of nitrogens with zero attached hydrogens (tertiary/aromatic N) is 14. The Morgan fingerprint density at radius 1 is 0.658 bits per heavy atom. The summed E-state index contributed by atoms with van der Waals surface area (Å²) in [6.07, 6.45) is -0.652. The molecule has 0 unspecified atom stereocenters. The summed E-state index contributed by atoms with van der Waals surface area (Å²) in [7, 11) is 3.47. The van der Waals surface area contributed by atoms with Crippen LogP contribution in [-0.4, -0.2) is 80.8 Å². The molecule has 404 valence electrons. The van der Waals surface area contributed by atoms with E-state index in [0.717, 1.165) is 12.7 Å². The molecular weight excluding hydrogens is 1050 g/mol. The Kier molecular flexibility index (Phi) is 19.2. The number of halogens is 8. The molecule has 0 spiro atoms. The summed E-state index contributed by atoms with van der Waals surface area (Å²) >= 11 is 5.14. The van der Waals surface area contributed by atoms with Crippen LogP contribution in [0.2, 0.25) is 0 Å². The summed E-state index contributed by atoms with van der Waals surface area (Å²) in [6, 6.07) is 7.99. The number of hydrogen-bond donors (Lipinski definition) is 3. The molecule has 2 atom stereocenters. The molecule has 0 fully saturated rings. The van der Waals surface area contributed by atoms with Crippen molar-refractivity contribution in [3.05, 3.63) is 119 Å². The van der Waals surface area contributed by atoms with Crippen molar-refractivity contribution in [1.82, 2.24) is 69.7 Å². The minimum Gasteiger partial charge on any atom is -0.338 e. The first-order valence-corrected chi connectivity index (χ1v) is 22.9. The SMILES string of the molecule is CC(C)(C)c1nc(C(=O)Cl)no1.C[C@@H](CC(=O)c1noc(C(C)(C)C)n1)c1ccc(-c2ncnc(Nc3ccn(C)n3)n2)c(F)c1C(F)F.C[C@@H](N)c1ccc(-c2ncnc(Nc3ccn(C)n3)n2)c(F)c1C(F)F.Cl. The number of alkyl halides is 4. The van der Waals surface area contributed by atoms with Crippen LogP contribution in [0.15, 0.2) is 70.5 Å². The number of Topliss-reactive ketones (excluding diaryl/α,β-unsaturated/α-hetero) is 1. The lowest BCUT2D eigenvalue weighted by molar-refractivity contribution is 0.0959. The topological polar surface area (TPSA) is 275 Å². The van der Waals surface area contributed by atoms with Gasteiger partial charge in [0.15, 0.2) is 23.3 Å². The van der Waals surface area contributed by atoms with E-state index in [1.165, 1.54) is 31.2 Å². The number of benzene rings is 2. The molecule has 2 aromatic carbocycles. The Balaban J connectivity index is 0.000000236. The van der Waals surface area contributed by atoms with Crippen LogP contribution in [0.3, 0.4) is 0 Å². The highest BCUT2D eigenvalue weighted by Gasteiger charge is 2.30. The third-order valence-corrected chi connectivity index (χ3v) is 10.6. The zero-order chi connectivity index (χ0) is 55.1. The highest BCUT2D eigenvalue weighted by molar-refractivity contribution is 6.67. The van der Waals surface area contributed by atoms with Gasteiger partial charge < -0.3 is 25.4 Å². The van der Waals surface area contributed by atoms with E-state index in [0.29, 0.717) is 17.5 Å². The molecule has 6 heterocycles. The van der Waals surface area contributed by atoms with Crippen LogP contribution in [-0.2, 0) is 24.9 Å². The minimum atomic E-state index is -3.14. The Bertz CT molecular complexity index is 3280. The standard InChI is InChI=1S/C24H25F3N8O2.C16H16F3N7.C7H9ClN2O2.ClH/c1-12(10-15(36)21-31-22(37-34-21)24(2,3)4)13-6-7-14(18(25)17(13)19(26)27)20-28-11-29-23(32-20)30-16-8-9-35(5)33-16;1-8(20)9-3-4-10(13(17)12(9)14(18)19)15-21-7-22-16(24-15)23-11-5-6-26(2)25-11;1-7(2,3)6-9-5(4(8)11)10-12-6;/h6-9,11-12,19H,10H2,1-5H3,(H,28,29,30,32,33);3-8,14H,20H2,1-2H3,(H,21,22,23,24,25);1-3H3;1H/t12-;8-;;/m01../s1. The molecule has 0 aliphatic rings. The average molecular weight is 1100 g/mol. The third kappa shape index (κ3) is 14.7. The summed E-state index contributed by atoms with van der Waals surface area (Å²) in [6.45, 7) is 14.3. The van der Waals surface area contributed by atoms with Gasteiger partial charge in [0.05, 0.1) is 22.3 Å². The maximum atomic E-state index is 15.4. The van der Waals surface area contributed by atoms with Gasteiger partial charge in [-0.15, -0.1) is 12.4 Å². The molecule has 0 saturated carbocycles. The largest absolute Gasteiger partial charge is 0.338 e. The molecule has 29 heteroatoms. The number of anilines is 4. The number of carbonyl (C=O) groups excluding carboxylic acids is 2. The predicted molar refractivity (Wildman–Crippen MR) is 267 cm³/mol. The van der Waals surface area contributed by atoms with Crippen LogP contribution < -0.4 is 16.4 Å². The summed E-state index contributed by atoms with van der Waals surface area (Å²) in [4.78, 5) is 55.2. The molecule has 76 heavy (non-hydrogen) atoms. The second-order valence-corrected chi connectivity index (χ2v) is 19.0. The first kappa shape index (κ1) is 59.1. The fourth-order valence-electron chi connectivity index (χ4n) is 6.73. The van der Waals surface area contributed by atoms with Crippen LogP contribution in [0.1, 0.15) is 142 Å². The second kappa shape index (κ2) is 24.7. The first-order valence-electron chi connectivity index (χ1n) is 22.5. The Morgan fingerprint density at radius 3 is 1.45 bits per heavy atom. The van der Waals surface area contributed by atoms with Crippen molar-refractivity contribution in [2.24, 2.45) is 19.8 Å². The average Bonchev–Trinajstić information content (AvgIpc) is 4.18. The van der Waals surface area contributed by atoms with Gasteiger partial charge in [-0.3, -0.25) is 19.0 Å². The molecule has 6 aromatic heterocycles. The molecule has 0 amide bonds. The first-order chi connectivity index (χ1) is 35.2. The van der Waals surface area contributed by atoms with Crippen molar-refractivity contribution in [2.45, 2.75) is 97.5 Å². The van der Waals surface area contributed by atoms with Crippen molar-refractivity contribution in [3.8, 4) is 22.8 Å². The molecule has 0 saturated heterocycles. The van der Waals surface area contributed by atoms with Crippen LogP contribution in [0.25, 0.3) is 22.8 Å². The lowest BCUT2D eigenvalue weighted by atomic mass is 9.89. The summed E-state index contributed by atoms with van der Waals surface area (Å²) in [5.41, 5.74) is 3.05. The minimum absolute atomic E-state index is 0. The van der Waals surface area contributed by atoms with Gasteiger partial charge in [-0.05, 0) is 47.7 Å². The molecule has 0 aliphatic heterocycles. The zero-order valence-corrected chi connectivity index (χ0v) is 43.9. The fraction of sp³-hybridized carbons (Fsp3) is 0.362. The number of aromatic nitrogens is 14. The van der Waals surface area contributed by atoms with E-state index in [2.05, 4.69) is 71.0 Å². The third-order valence-electron chi connectivity index (χ3n) is 10.5. The van der Waals surface area contributed by atoms with Crippen molar-refractivity contribution in [3.63, 3.8) is 0 Å². The number of aryl methyl sites for hydroxylation is 2. The van der Waals surface area contributed by atoms with Gasteiger partial charge in [-0.25, -0.2) is 46.3 Å². The Labute approximate surface area is 441 Å². The molecule has 8 aromatic rings. The number of carbonyl (C=O) groups is 2. The van der Waals surface area contributed by atoms with Gasteiger partial charge >= 0.3 is 0 Å². The van der Waals surface area contributed by atoms with Gasteiger partial charge in [-0.1, -0.05) is 70.9 Å². The number of nitrogens with two attached hydrogens (primary N) is 1. The Hall–Kier alpha value is -7.78. The quantitative estimate of drug-likeness (QED) is 0.0518. The van der Waals surface area contributed by atoms with Gasteiger partial charge in [0.1, 0.15) is 24.3 Å². The van der Waals surface area contributed by atoms with Gasteiger partial charge in [0.25, 0.3) is 23.9 Å². The zero-order valence-electron chi connectivity index (χ0n) is 42.3. The van der Waals surface area contributed by atoms with E-state index < -0.39 is 64.0 Å². The van der Waals surface area contributed by atoms with Crippen molar-refractivity contribution in [1.29, 1.82) is 0 Å². The normalized spacial score (nSPS) is 12.3. The molecule has 4 N–H and O–H groups in total. The van der Waals surface area contributed by atoms with E-state index in [1.807, 2.05) is 41.5 Å². The predicted octanol–water partition coefficient (Wildman–Crippen LogP) is 10.4. The number of rotatable bonds is 14. The number of nitrogens with one attached hydrogen (secondary N) is 2. The molecule has 8 rings (SSSR count). The van der Waals surface area contributed by atoms with Crippen molar-refractivity contribution < 1.29 is 45.0 Å². The van der Waals surface area contributed by atoms with E-state index >= 15 is 4.39 Å². The highest BCUT2D eigenvalue weighted by Crippen LogP contribution is 2.38. The molecular formula is C47H51Cl2F6N17O4. The Morgan fingerprint density at radius 2 is 1.08 bits per heavy atom. The van der Waals surface area contributed by atoms with Crippen molar-refractivity contribution >= 4 is 58.6 Å².